The largest absolute Gasteiger partial charge is 0.497 e. The van der Waals surface area contributed by atoms with Gasteiger partial charge in [0.25, 0.3) is 0 Å². The maximum absolute atomic E-state index is 13.2. The highest BCUT2D eigenvalue weighted by molar-refractivity contribution is 7.98. The summed E-state index contributed by atoms with van der Waals surface area (Å²) in [5.74, 6) is 1.96. The second-order valence-corrected chi connectivity index (χ2v) is 5.96. The van der Waals surface area contributed by atoms with E-state index in [2.05, 4.69) is 10.2 Å². The lowest BCUT2D eigenvalue weighted by molar-refractivity contribution is 0.415. The van der Waals surface area contributed by atoms with Gasteiger partial charge in [0.2, 0.25) is 0 Å². The first kappa shape index (κ1) is 15.6. The number of nitrogens with zero attached hydrogens (tertiary/aromatic N) is 3. The summed E-state index contributed by atoms with van der Waals surface area (Å²) in [5, 5.41) is 9.26. The molecule has 118 valence electrons. The molecule has 3 aromatic rings. The fourth-order valence-corrected chi connectivity index (χ4v) is 3.08. The molecule has 0 aliphatic carbocycles. The van der Waals surface area contributed by atoms with Gasteiger partial charge in [-0.3, -0.25) is 0 Å². The van der Waals surface area contributed by atoms with E-state index in [0.717, 1.165) is 27.9 Å². The van der Waals surface area contributed by atoms with E-state index in [-0.39, 0.29) is 5.82 Å². The monoisotopic (exact) mass is 329 g/mol. The van der Waals surface area contributed by atoms with Crippen LogP contribution in [0.2, 0.25) is 0 Å². The Morgan fingerprint density at radius 3 is 2.74 bits per heavy atom. The van der Waals surface area contributed by atoms with E-state index < -0.39 is 0 Å². The first-order valence-corrected chi connectivity index (χ1v) is 8.07. The average molecular weight is 329 g/mol. The maximum atomic E-state index is 13.2. The van der Waals surface area contributed by atoms with E-state index in [1.54, 1.807) is 13.2 Å². The molecule has 6 heteroatoms. The van der Waals surface area contributed by atoms with Crippen LogP contribution in [0.1, 0.15) is 5.56 Å². The summed E-state index contributed by atoms with van der Waals surface area (Å²) in [6.45, 7) is 0. The van der Waals surface area contributed by atoms with E-state index in [1.165, 1.54) is 23.9 Å². The van der Waals surface area contributed by atoms with Crippen molar-refractivity contribution in [3.05, 3.63) is 59.9 Å². The summed E-state index contributed by atoms with van der Waals surface area (Å²) >= 11 is 1.53. The minimum Gasteiger partial charge on any atom is -0.497 e. The topological polar surface area (TPSA) is 39.9 Å². The van der Waals surface area contributed by atoms with Crippen LogP contribution in [0, 0.1) is 5.82 Å². The van der Waals surface area contributed by atoms with E-state index in [0.29, 0.717) is 5.75 Å². The predicted octanol–water partition coefficient (Wildman–Crippen LogP) is 3.92. The first-order valence-electron chi connectivity index (χ1n) is 7.08. The molecule has 1 aromatic heterocycles. The van der Waals surface area contributed by atoms with Gasteiger partial charge in [-0.25, -0.2) is 4.39 Å². The number of hydrogen-bond acceptors (Lipinski definition) is 4. The molecule has 0 aliphatic heterocycles. The lowest BCUT2D eigenvalue weighted by atomic mass is 10.2. The van der Waals surface area contributed by atoms with Crippen molar-refractivity contribution in [2.75, 3.05) is 7.11 Å². The zero-order valence-electron chi connectivity index (χ0n) is 12.9. The summed E-state index contributed by atoms with van der Waals surface area (Å²) in [6, 6.07) is 14.3. The molecule has 0 unspecified atom stereocenters. The van der Waals surface area contributed by atoms with E-state index >= 15 is 0 Å². The Labute approximate surface area is 138 Å². The number of thioether (sulfide) groups is 1. The molecular weight excluding hydrogens is 313 g/mol. The molecule has 0 fully saturated rings. The van der Waals surface area contributed by atoms with Gasteiger partial charge < -0.3 is 9.30 Å². The standard InChI is InChI=1S/C17H16FN3OS/c1-21-16(13-6-4-8-15(10-13)22-2)19-20-17(21)23-11-12-5-3-7-14(18)9-12/h3-10H,11H2,1-2H3. The second-order valence-electron chi connectivity index (χ2n) is 5.02. The van der Waals surface area contributed by atoms with Crippen LogP contribution < -0.4 is 4.74 Å². The van der Waals surface area contributed by atoms with Crippen LogP contribution >= 0.6 is 11.8 Å². The summed E-state index contributed by atoms with van der Waals surface area (Å²) in [5.41, 5.74) is 1.86. The Morgan fingerprint density at radius 2 is 1.96 bits per heavy atom. The maximum Gasteiger partial charge on any atom is 0.191 e. The minimum atomic E-state index is -0.224. The molecule has 0 saturated carbocycles. The smallest absolute Gasteiger partial charge is 0.191 e. The third-order valence-electron chi connectivity index (χ3n) is 3.42. The highest BCUT2D eigenvalue weighted by Crippen LogP contribution is 2.27. The lowest BCUT2D eigenvalue weighted by Crippen LogP contribution is -1.95. The van der Waals surface area contributed by atoms with Gasteiger partial charge in [-0.1, -0.05) is 36.0 Å². The molecule has 23 heavy (non-hydrogen) atoms. The molecule has 0 bridgehead atoms. The van der Waals surface area contributed by atoms with Crippen LogP contribution in [0.3, 0.4) is 0 Å². The Bertz CT molecular complexity index is 819. The van der Waals surface area contributed by atoms with E-state index in [9.17, 15) is 4.39 Å². The quantitative estimate of drug-likeness (QED) is 0.665. The van der Waals surface area contributed by atoms with Gasteiger partial charge in [-0.2, -0.15) is 0 Å². The predicted molar refractivity (Wildman–Crippen MR) is 89.0 cm³/mol. The Hall–Kier alpha value is -2.34. The number of benzene rings is 2. The molecule has 4 nitrogen and oxygen atoms in total. The van der Waals surface area contributed by atoms with Crippen LogP contribution in [-0.2, 0) is 12.8 Å². The molecule has 1 heterocycles. The fraction of sp³-hybridized carbons (Fsp3) is 0.176. The number of methoxy groups -OCH3 is 1. The van der Waals surface area contributed by atoms with Crippen molar-refractivity contribution in [2.45, 2.75) is 10.9 Å². The molecular formula is C17H16FN3OS. The zero-order chi connectivity index (χ0) is 16.2. The number of rotatable bonds is 5. The molecule has 0 N–H and O–H groups in total. The number of halogens is 1. The molecule has 0 spiro atoms. The Kier molecular flexibility index (Phi) is 4.62. The summed E-state index contributed by atoms with van der Waals surface area (Å²) in [6.07, 6.45) is 0. The van der Waals surface area contributed by atoms with Crippen LogP contribution in [0.4, 0.5) is 4.39 Å². The van der Waals surface area contributed by atoms with Crippen LogP contribution in [0.25, 0.3) is 11.4 Å². The average Bonchev–Trinajstić information content (AvgIpc) is 2.94. The van der Waals surface area contributed by atoms with Gasteiger partial charge in [0.15, 0.2) is 11.0 Å². The molecule has 0 aliphatic rings. The number of hydrogen-bond donors (Lipinski definition) is 0. The normalized spacial score (nSPS) is 10.7. The first-order chi connectivity index (χ1) is 11.2. The Morgan fingerprint density at radius 1 is 1.13 bits per heavy atom. The van der Waals surface area contributed by atoms with E-state index in [4.69, 9.17) is 4.74 Å². The number of aromatic nitrogens is 3. The summed E-state index contributed by atoms with van der Waals surface area (Å²) in [4.78, 5) is 0. The van der Waals surface area contributed by atoms with Crippen molar-refractivity contribution in [3.8, 4) is 17.1 Å². The van der Waals surface area contributed by atoms with Crippen LogP contribution in [0.5, 0.6) is 5.75 Å². The van der Waals surface area contributed by atoms with Gasteiger partial charge in [0, 0.05) is 18.4 Å². The zero-order valence-corrected chi connectivity index (χ0v) is 13.7. The molecule has 0 amide bonds. The number of ether oxygens (including phenoxy) is 1. The SMILES string of the molecule is COc1cccc(-c2nnc(SCc3cccc(F)c3)n2C)c1. The van der Waals surface area contributed by atoms with Gasteiger partial charge in [-0.15, -0.1) is 10.2 Å². The van der Waals surface area contributed by atoms with Crippen molar-refractivity contribution in [1.29, 1.82) is 0 Å². The van der Waals surface area contributed by atoms with Crippen molar-refractivity contribution in [3.63, 3.8) is 0 Å². The van der Waals surface area contributed by atoms with Crippen LogP contribution in [-0.4, -0.2) is 21.9 Å². The van der Waals surface area contributed by atoms with Gasteiger partial charge >= 0.3 is 0 Å². The van der Waals surface area contributed by atoms with Crippen molar-refractivity contribution in [2.24, 2.45) is 7.05 Å². The minimum absolute atomic E-state index is 0.224. The fourth-order valence-electron chi connectivity index (χ4n) is 2.23. The van der Waals surface area contributed by atoms with Gasteiger partial charge in [0.05, 0.1) is 7.11 Å². The molecule has 0 atom stereocenters. The van der Waals surface area contributed by atoms with Gasteiger partial charge in [-0.05, 0) is 29.8 Å². The highest BCUT2D eigenvalue weighted by Gasteiger charge is 2.12. The lowest BCUT2D eigenvalue weighted by Gasteiger charge is -2.06. The summed E-state index contributed by atoms with van der Waals surface area (Å²) < 4.78 is 20.4. The van der Waals surface area contributed by atoms with Gasteiger partial charge in [0.1, 0.15) is 11.6 Å². The summed E-state index contributed by atoms with van der Waals surface area (Å²) in [7, 11) is 3.55. The molecule has 3 rings (SSSR count). The molecule has 0 radical (unpaired) electrons. The van der Waals surface area contributed by atoms with Crippen molar-refractivity contribution < 1.29 is 9.13 Å². The Balaban J connectivity index is 1.79. The van der Waals surface area contributed by atoms with Crippen molar-refractivity contribution in [1.82, 2.24) is 14.8 Å². The second kappa shape index (κ2) is 6.83. The van der Waals surface area contributed by atoms with Crippen molar-refractivity contribution >= 4 is 11.8 Å². The molecule has 0 saturated heterocycles. The third-order valence-corrected chi connectivity index (χ3v) is 4.51. The molecule has 2 aromatic carbocycles. The third kappa shape index (κ3) is 3.53. The van der Waals surface area contributed by atoms with Crippen LogP contribution in [0.15, 0.2) is 53.7 Å². The van der Waals surface area contributed by atoms with E-state index in [1.807, 2.05) is 41.9 Å². The highest BCUT2D eigenvalue weighted by atomic mass is 32.2.